The molecule has 2 fully saturated rings. The number of fused-ring (bicyclic) bond motifs is 1. The van der Waals surface area contributed by atoms with Crippen LogP contribution in [0.4, 0.5) is 5.82 Å². The lowest BCUT2D eigenvalue weighted by Gasteiger charge is -2.35. The second kappa shape index (κ2) is 4.70. The van der Waals surface area contributed by atoms with Gasteiger partial charge < -0.3 is 4.90 Å². The van der Waals surface area contributed by atoms with Gasteiger partial charge in [-0.05, 0) is 18.8 Å². The lowest BCUT2D eigenvalue weighted by atomic mass is 10.2. The summed E-state index contributed by atoms with van der Waals surface area (Å²) in [4.78, 5) is 13.8. The maximum atomic E-state index is 4.49. The van der Waals surface area contributed by atoms with Crippen molar-refractivity contribution in [2.45, 2.75) is 12.8 Å². The van der Waals surface area contributed by atoms with Gasteiger partial charge in [0.05, 0.1) is 11.6 Å². The van der Waals surface area contributed by atoms with E-state index in [0.717, 1.165) is 48.9 Å². The minimum Gasteiger partial charge on any atom is -0.353 e. The van der Waals surface area contributed by atoms with Gasteiger partial charge in [-0.15, -0.1) is 0 Å². The monoisotopic (exact) mass is 272 g/mol. The molecule has 0 radical (unpaired) electrons. The molecule has 1 aliphatic heterocycles. The van der Waals surface area contributed by atoms with Crippen LogP contribution in [-0.4, -0.2) is 57.4 Å². The van der Waals surface area contributed by atoms with E-state index in [2.05, 4.69) is 24.9 Å². The molecule has 1 aliphatic carbocycles. The molecule has 0 N–H and O–H groups in total. The largest absolute Gasteiger partial charge is 0.353 e. The van der Waals surface area contributed by atoms with E-state index in [1.807, 2.05) is 17.9 Å². The normalized spacial score (nSPS) is 20.8. The van der Waals surface area contributed by atoms with Crippen LogP contribution in [0.15, 0.2) is 12.5 Å². The Balaban J connectivity index is 1.52. The summed E-state index contributed by atoms with van der Waals surface area (Å²) in [6.07, 6.45) is 6.39. The minimum atomic E-state index is 0.912. The molecule has 3 heterocycles. The molecule has 0 aromatic carbocycles. The highest BCUT2D eigenvalue weighted by molar-refractivity contribution is 5.86. The van der Waals surface area contributed by atoms with E-state index in [4.69, 9.17) is 0 Å². The van der Waals surface area contributed by atoms with Crippen LogP contribution in [0.3, 0.4) is 0 Å². The van der Waals surface area contributed by atoms with Gasteiger partial charge in [0.15, 0.2) is 5.65 Å². The molecule has 2 aromatic heterocycles. The minimum absolute atomic E-state index is 0.912. The molecule has 0 bridgehead atoms. The van der Waals surface area contributed by atoms with Gasteiger partial charge in [-0.2, -0.15) is 5.10 Å². The Morgan fingerprint density at radius 2 is 1.95 bits per heavy atom. The van der Waals surface area contributed by atoms with Crippen molar-refractivity contribution in [1.82, 2.24) is 24.6 Å². The van der Waals surface area contributed by atoms with E-state index in [9.17, 15) is 0 Å². The molecule has 1 saturated heterocycles. The summed E-state index contributed by atoms with van der Waals surface area (Å²) in [5.41, 5.74) is 0.912. The number of hydrogen-bond donors (Lipinski definition) is 0. The third-order valence-electron chi connectivity index (χ3n) is 4.39. The number of rotatable bonds is 3. The number of aromatic nitrogens is 4. The molecule has 1 saturated carbocycles. The third-order valence-corrected chi connectivity index (χ3v) is 4.39. The molecule has 2 aliphatic rings. The molecule has 0 spiro atoms. The summed E-state index contributed by atoms with van der Waals surface area (Å²) in [7, 11) is 1.92. The van der Waals surface area contributed by atoms with Crippen molar-refractivity contribution in [1.29, 1.82) is 0 Å². The van der Waals surface area contributed by atoms with Crippen molar-refractivity contribution in [3.05, 3.63) is 12.5 Å². The molecule has 6 heteroatoms. The molecule has 20 heavy (non-hydrogen) atoms. The predicted octanol–water partition coefficient (Wildman–Crippen LogP) is 0.895. The van der Waals surface area contributed by atoms with Crippen LogP contribution in [0.1, 0.15) is 12.8 Å². The first kappa shape index (κ1) is 12.1. The van der Waals surface area contributed by atoms with Gasteiger partial charge in [0.1, 0.15) is 12.1 Å². The standard InChI is InChI=1S/C14H20N6/c1-18-13-12(8-17-18)14(16-10-15-13)20-6-4-19(5-7-20)9-11-2-3-11/h8,10-11H,2-7,9H2,1H3. The zero-order chi connectivity index (χ0) is 13.5. The van der Waals surface area contributed by atoms with Crippen molar-refractivity contribution in [2.75, 3.05) is 37.6 Å². The first-order valence-corrected chi connectivity index (χ1v) is 7.41. The van der Waals surface area contributed by atoms with Gasteiger partial charge >= 0.3 is 0 Å². The molecule has 2 aromatic rings. The van der Waals surface area contributed by atoms with E-state index >= 15 is 0 Å². The van der Waals surface area contributed by atoms with Crippen LogP contribution in [0.5, 0.6) is 0 Å². The van der Waals surface area contributed by atoms with Crippen molar-refractivity contribution in [3.63, 3.8) is 0 Å². The number of anilines is 1. The Bertz CT molecular complexity index is 609. The van der Waals surface area contributed by atoms with Gasteiger partial charge in [0, 0.05) is 39.8 Å². The summed E-state index contributed by atoms with van der Waals surface area (Å²) in [6.45, 7) is 5.67. The van der Waals surface area contributed by atoms with Crippen LogP contribution in [-0.2, 0) is 7.05 Å². The SMILES string of the molecule is Cn1ncc2c(N3CCN(CC4CC4)CC3)ncnc21. The molecular weight excluding hydrogens is 252 g/mol. The van der Waals surface area contributed by atoms with E-state index in [1.54, 1.807) is 6.33 Å². The highest BCUT2D eigenvalue weighted by Gasteiger charge is 2.27. The first-order chi connectivity index (χ1) is 9.81. The lowest BCUT2D eigenvalue weighted by molar-refractivity contribution is 0.248. The fraction of sp³-hybridized carbons (Fsp3) is 0.643. The smallest absolute Gasteiger partial charge is 0.163 e. The summed E-state index contributed by atoms with van der Waals surface area (Å²) >= 11 is 0. The average Bonchev–Trinajstić information content (AvgIpc) is 3.22. The molecule has 0 amide bonds. The van der Waals surface area contributed by atoms with E-state index < -0.39 is 0 Å². The number of piperazine rings is 1. The Morgan fingerprint density at radius 1 is 1.15 bits per heavy atom. The van der Waals surface area contributed by atoms with E-state index in [-0.39, 0.29) is 0 Å². The Kier molecular flexibility index (Phi) is 2.84. The summed E-state index contributed by atoms with van der Waals surface area (Å²) in [5, 5.41) is 5.35. The number of nitrogens with zero attached hydrogens (tertiary/aromatic N) is 6. The molecule has 106 valence electrons. The zero-order valence-electron chi connectivity index (χ0n) is 11.9. The summed E-state index contributed by atoms with van der Waals surface area (Å²) in [6, 6.07) is 0. The summed E-state index contributed by atoms with van der Waals surface area (Å²) in [5.74, 6) is 2.01. The first-order valence-electron chi connectivity index (χ1n) is 7.41. The molecule has 0 unspecified atom stereocenters. The van der Waals surface area contributed by atoms with Crippen molar-refractivity contribution < 1.29 is 0 Å². The van der Waals surface area contributed by atoms with Crippen LogP contribution in [0, 0.1) is 5.92 Å². The number of aryl methyl sites for hydroxylation is 1. The maximum Gasteiger partial charge on any atom is 0.163 e. The van der Waals surface area contributed by atoms with Gasteiger partial charge in [-0.3, -0.25) is 9.58 Å². The van der Waals surface area contributed by atoms with Crippen LogP contribution >= 0.6 is 0 Å². The maximum absolute atomic E-state index is 4.49. The summed E-state index contributed by atoms with van der Waals surface area (Å²) < 4.78 is 1.81. The second-order valence-electron chi connectivity index (χ2n) is 5.93. The zero-order valence-corrected chi connectivity index (χ0v) is 11.9. The fourth-order valence-electron chi connectivity index (χ4n) is 3.01. The Morgan fingerprint density at radius 3 is 2.70 bits per heavy atom. The van der Waals surface area contributed by atoms with Gasteiger partial charge in [0.2, 0.25) is 0 Å². The second-order valence-corrected chi connectivity index (χ2v) is 5.93. The Labute approximate surface area is 118 Å². The van der Waals surface area contributed by atoms with Gasteiger partial charge in [0.25, 0.3) is 0 Å². The van der Waals surface area contributed by atoms with E-state index in [0.29, 0.717) is 0 Å². The van der Waals surface area contributed by atoms with Crippen molar-refractivity contribution >= 4 is 16.9 Å². The van der Waals surface area contributed by atoms with Crippen LogP contribution < -0.4 is 4.90 Å². The quantitative estimate of drug-likeness (QED) is 0.831. The molecule has 4 rings (SSSR count). The van der Waals surface area contributed by atoms with Gasteiger partial charge in [-0.1, -0.05) is 0 Å². The predicted molar refractivity (Wildman–Crippen MR) is 77.7 cm³/mol. The van der Waals surface area contributed by atoms with Crippen LogP contribution in [0.2, 0.25) is 0 Å². The third kappa shape index (κ3) is 2.14. The fourth-order valence-corrected chi connectivity index (χ4v) is 3.01. The Hall–Kier alpha value is -1.69. The van der Waals surface area contributed by atoms with Crippen LogP contribution in [0.25, 0.3) is 11.0 Å². The topological polar surface area (TPSA) is 50.1 Å². The lowest BCUT2D eigenvalue weighted by Crippen LogP contribution is -2.47. The average molecular weight is 272 g/mol. The molecular formula is C14H20N6. The van der Waals surface area contributed by atoms with Crippen molar-refractivity contribution in [3.8, 4) is 0 Å². The highest BCUT2D eigenvalue weighted by Crippen LogP contribution is 2.30. The molecule has 0 atom stereocenters. The highest BCUT2D eigenvalue weighted by atomic mass is 15.3. The molecule has 6 nitrogen and oxygen atoms in total. The number of hydrogen-bond acceptors (Lipinski definition) is 5. The van der Waals surface area contributed by atoms with Gasteiger partial charge in [-0.25, -0.2) is 9.97 Å². The van der Waals surface area contributed by atoms with Crippen molar-refractivity contribution in [2.24, 2.45) is 13.0 Å². The van der Waals surface area contributed by atoms with E-state index in [1.165, 1.54) is 19.4 Å².